The maximum absolute atomic E-state index is 11.5. The van der Waals surface area contributed by atoms with E-state index in [0.717, 1.165) is 12.8 Å². The second kappa shape index (κ2) is 11.2. The second-order valence-electron chi connectivity index (χ2n) is 4.14. The fourth-order valence-corrected chi connectivity index (χ4v) is 1.31. The first-order valence-electron chi connectivity index (χ1n) is 6.76. The number of hydrogen-bond donors (Lipinski definition) is 4. The molecule has 114 valence electrons. The van der Waals surface area contributed by atoms with Gasteiger partial charge < -0.3 is 20.8 Å². The van der Waals surface area contributed by atoms with Gasteiger partial charge in [0.05, 0.1) is 0 Å². The van der Waals surface area contributed by atoms with E-state index < -0.39 is 24.0 Å². The van der Waals surface area contributed by atoms with Crippen LogP contribution in [0.5, 0.6) is 0 Å². The van der Waals surface area contributed by atoms with Crippen LogP contribution < -0.4 is 10.6 Å². The molecule has 6 heteroatoms. The summed E-state index contributed by atoms with van der Waals surface area (Å²) in [5.41, 5.74) is 0. The summed E-state index contributed by atoms with van der Waals surface area (Å²) >= 11 is 0. The second-order valence-corrected chi connectivity index (χ2v) is 4.14. The molecule has 0 saturated carbocycles. The lowest BCUT2D eigenvalue weighted by molar-refractivity contribution is -0.145. The third kappa shape index (κ3) is 7.70. The first-order valence-corrected chi connectivity index (χ1v) is 6.76. The van der Waals surface area contributed by atoms with E-state index in [2.05, 4.69) is 10.6 Å². The van der Waals surface area contributed by atoms with Crippen molar-refractivity contribution in [3.63, 3.8) is 0 Å². The van der Waals surface area contributed by atoms with E-state index in [4.69, 9.17) is 0 Å². The summed E-state index contributed by atoms with van der Waals surface area (Å²) < 4.78 is 0. The van der Waals surface area contributed by atoms with Crippen LogP contribution in [0.2, 0.25) is 0 Å². The number of aliphatic hydroxyl groups is 2. The summed E-state index contributed by atoms with van der Waals surface area (Å²) in [4.78, 5) is 23.0. The zero-order chi connectivity index (χ0) is 15.4. The van der Waals surface area contributed by atoms with Crippen molar-refractivity contribution < 1.29 is 19.8 Å². The third-order valence-electron chi connectivity index (χ3n) is 2.43. The van der Waals surface area contributed by atoms with E-state index in [1.807, 2.05) is 26.0 Å². The zero-order valence-corrected chi connectivity index (χ0v) is 12.0. The Kier molecular flexibility index (Phi) is 10.3. The van der Waals surface area contributed by atoms with Crippen molar-refractivity contribution in [1.82, 2.24) is 10.6 Å². The fourth-order valence-electron chi connectivity index (χ4n) is 1.31. The summed E-state index contributed by atoms with van der Waals surface area (Å²) in [7, 11) is 0. The molecule has 2 atom stereocenters. The van der Waals surface area contributed by atoms with Gasteiger partial charge in [-0.3, -0.25) is 9.59 Å². The number of aliphatic hydroxyl groups excluding tert-OH is 2. The highest BCUT2D eigenvalue weighted by molar-refractivity contribution is 5.90. The maximum atomic E-state index is 11.5. The predicted octanol–water partition coefficient (Wildman–Crippen LogP) is -0.127. The molecule has 0 spiro atoms. The Bertz CT molecular complexity index is 319. The number of rotatable bonds is 9. The monoisotopic (exact) mass is 284 g/mol. The molecule has 0 radical (unpaired) electrons. The van der Waals surface area contributed by atoms with Crippen LogP contribution in [0.1, 0.15) is 26.7 Å². The van der Waals surface area contributed by atoms with Gasteiger partial charge in [0.25, 0.3) is 11.8 Å². The van der Waals surface area contributed by atoms with Crippen molar-refractivity contribution in [2.75, 3.05) is 13.1 Å². The van der Waals surface area contributed by atoms with Crippen LogP contribution in [-0.4, -0.2) is 47.3 Å². The molecule has 0 aromatic rings. The largest absolute Gasteiger partial charge is 0.380 e. The predicted molar refractivity (Wildman–Crippen MR) is 76.9 cm³/mol. The fraction of sp³-hybridized carbons (Fsp3) is 0.571. The van der Waals surface area contributed by atoms with Gasteiger partial charge in [0.15, 0.2) is 12.2 Å². The molecule has 0 aliphatic carbocycles. The Morgan fingerprint density at radius 3 is 1.50 bits per heavy atom. The highest BCUT2D eigenvalue weighted by Gasteiger charge is 2.29. The SMILES string of the molecule is CCC=CCNC(=O)[C@H](O)[C@@H](O)C(=O)NCC=CCC. The molecule has 4 N–H and O–H groups in total. The number of carbonyl (C=O) groups is 2. The Balaban J connectivity index is 4.13. The summed E-state index contributed by atoms with van der Waals surface area (Å²) in [6.45, 7) is 4.40. The number of hydrogen-bond acceptors (Lipinski definition) is 4. The molecule has 0 aromatic carbocycles. The zero-order valence-electron chi connectivity index (χ0n) is 12.0. The van der Waals surface area contributed by atoms with Gasteiger partial charge in [-0.05, 0) is 12.8 Å². The summed E-state index contributed by atoms with van der Waals surface area (Å²) in [5, 5.41) is 23.9. The van der Waals surface area contributed by atoms with E-state index >= 15 is 0 Å². The van der Waals surface area contributed by atoms with Gasteiger partial charge in [0.1, 0.15) is 0 Å². The molecule has 0 rings (SSSR count). The van der Waals surface area contributed by atoms with Crippen molar-refractivity contribution in [2.45, 2.75) is 38.9 Å². The van der Waals surface area contributed by atoms with E-state index in [1.165, 1.54) is 0 Å². The summed E-state index contributed by atoms with van der Waals surface area (Å²) in [6.07, 6.45) is 5.30. The lowest BCUT2D eigenvalue weighted by Crippen LogP contribution is -2.49. The standard InChI is InChI=1S/C14H24N2O4/c1-3-5-7-9-15-13(19)11(17)12(18)14(20)16-10-8-6-4-2/h5-8,11-12,17-18H,3-4,9-10H2,1-2H3,(H,15,19)(H,16,20)/t11-,12-/m1/s1. The minimum absolute atomic E-state index is 0.247. The number of amides is 2. The van der Waals surface area contributed by atoms with Gasteiger partial charge in [0, 0.05) is 13.1 Å². The molecule has 0 aromatic heterocycles. The van der Waals surface area contributed by atoms with Crippen LogP contribution in [-0.2, 0) is 9.59 Å². The minimum atomic E-state index is -1.78. The molecular weight excluding hydrogens is 260 g/mol. The highest BCUT2D eigenvalue weighted by Crippen LogP contribution is 1.94. The van der Waals surface area contributed by atoms with Gasteiger partial charge in [0.2, 0.25) is 0 Å². The average Bonchev–Trinajstić information content (AvgIpc) is 2.46. The van der Waals surface area contributed by atoms with Crippen LogP contribution in [0.15, 0.2) is 24.3 Å². The number of allylic oxidation sites excluding steroid dienone is 2. The van der Waals surface area contributed by atoms with Crippen LogP contribution in [0.25, 0.3) is 0 Å². The molecule has 0 saturated heterocycles. The summed E-state index contributed by atoms with van der Waals surface area (Å²) in [5.74, 6) is -1.56. The minimum Gasteiger partial charge on any atom is -0.380 e. The highest BCUT2D eigenvalue weighted by atomic mass is 16.3. The topological polar surface area (TPSA) is 98.7 Å². The molecule has 6 nitrogen and oxygen atoms in total. The first kappa shape index (κ1) is 18.3. The lowest BCUT2D eigenvalue weighted by Gasteiger charge is -2.16. The molecule has 0 bridgehead atoms. The van der Waals surface area contributed by atoms with Gasteiger partial charge in [-0.15, -0.1) is 0 Å². The first-order chi connectivity index (χ1) is 9.54. The smallest absolute Gasteiger partial charge is 0.252 e. The van der Waals surface area contributed by atoms with Crippen LogP contribution >= 0.6 is 0 Å². The summed E-state index contributed by atoms with van der Waals surface area (Å²) in [6, 6.07) is 0. The van der Waals surface area contributed by atoms with Crippen LogP contribution in [0.3, 0.4) is 0 Å². The van der Waals surface area contributed by atoms with Crippen molar-refractivity contribution >= 4 is 11.8 Å². The van der Waals surface area contributed by atoms with Crippen LogP contribution in [0.4, 0.5) is 0 Å². The van der Waals surface area contributed by atoms with Crippen molar-refractivity contribution in [3.05, 3.63) is 24.3 Å². The van der Waals surface area contributed by atoms with E-state index in [9.17, 15) is 19.8 Å². The Morgan fingerprint density at radius 2 is 1.20 bits per heavy atom. The molecule has 2 amide bonds. The normalized spacial score (nSPS) is 14.4. The number of carbonyl (C=O) groups excluding carboxylic acids is 2. The van der Waals surface area contributed by atoms with E-state index in [1.54, 1.807) is 12.2 Å². The lowest BCUT2D eigenvalue weighted by atomic mass is 10.1. The molecule has 0 unspecified atom stereocenters. The average molecular weight is 284 g/mol. The number of nitrogens with one attached hydrogen (secondary N) is 2. The molecular formula is C14H24N2O4. The molecule has 0 aliphatic rings. The van der Waals surface area contributed by atoms with Crippen molar-refractivity contribution in [2.24, 2.45) is 0 Å². The third-order valence-corrected chi connectivity index (χ3v) is 2.43. The van der Waals surface area contributed by atoms with Gasteiger partial charge in [-0.1, -0.05) is 38.2 Å². The Morgan fingerprint density at radius 1 is 0.850 bits per heavy atom. The van der Waals surface area contributed by atoms with E-state index in [-0.39, 0.29) is 13.1 Å². The molecule has 0 heterocycles. The van der Waals surface area contributed by atoms with Gasteiger partial charge in [-0.25, -0.2) is 0 Å². The van der Waals surface area contributed by atoms with E-state index in [0.29, 0.717) is 0 Å². The van der Waals surface area contributed by atoms with Gasteiger partial charge in [-0.2, -0.15) is 0 Å². The van der Waals surface area contributed by atoms with Gasteiger partial charge >= 0.3 is 0 Å². The Hall–Kier alpha value is -1.66. The molecule has 20 heavy (non-hydrogen) atoms. The van der Waals surface area contributed by atoms with Crippen molar-refractivity contribution in [1.29, 1.82) is 0 Å². The van der Waals surface area contributed by atoms with Crippen molar-refractivity contribution in [3.8, 4) is 0 Å². The molecule has 0 aliphatic heterocycles. The quantitative estimate of drug-likeness (QED) is 0.443. The van der Waals surface area contributed by atoms with Crippen LogP contribution in [0, 0.1) is 0 Å². The Labute approximate surface area is 119 Å². The molecule has 0 fully saturated rings. The maximum Gasteiger partial charge on any atom is 0.252 e.